The van der Waals surface area contributed by atoms with Crippen LogP contribution in [-0.2, 0) is 11.2 Å². The first-order valence-electron chi connectivity index (χ1n) is 12.8. The van der Waals surface area contributed by atoms with Crippen LogP contribution in [0.3, 0.4) is 0 Å². The van der Waals surface area contributed by atoms with Crippen molar-refractivity contribution in [1.29, 1.82) is 0 Å². The van der Waals surface area contributed by atoms with E-state index in [1.807, 2.05) is 60.4 Å². The molecule has 0 saturated carbocycles. The number of anilines is 1. The lowest BCUT2D eigenvalue weighted by Crippen LogP contribution is -2.32. The minimum Gasteiger partial charge on any atom is -0.478 e. The first-order chi connectivity index (χ1) is 19.4. The van der Waals surface area contributed by atoms with Gasteiger partial charge in [0, 0.05) is 30.4 Å². The average molecular weight is 575 g/mol. The zero-order chi connectivity index (χ0) is 28.2. The number of para-hydroxylation sites is 1. The van der Waals surface area contributed by atoms with E-state index in [0.717, 1.165) is 23.4 Å². The zero-order valence-corrected chi connectivity index (χ0v) is 23.2. The molecular weight excluding hydrogens is 548 g/mol. The number of nitrogens with zero attached hydrogens (tertiary/aromatic N) is 2. The fraction of sp³-hybridized carbons (Fsp3) is 0.200. The minimum absolute atomic E-state index is 0.102. The highest BCUT2D eigenvalue weighted by molar-refractivity contribution is 7.80. The van der Waals surface area contributed by atoms with Gasteiger partial charge in [-0.15, -0.1) is 0 Å². The van der Waals surface area contributed by atoms with E-state index in [1.165, 1.54) is 18.2 Å². The molecule has 5 rings (SSSR count). The molecule has 0 bridgehead atoms. The van der Waals surface area contributed by atoms with Crippen LogP contribution in [0, 0.1) is 0 Å². The smallest absolute Gasteiger partial charge is 0.335 e. The number of rotatable bonds is 9. The number of hydrogen-bond acceptors (Lipinski definition) is 5. The summed E-state index contributed by atoms with van der Waals surface area (Å²) in [5.41, 5.74) is 3.20. The van der Waals surface area contributed by atoms with Crippen LogP contribution in [0.5, 0.6) is 0 Å². The topological polar surface area (TPSA) is 108 Å². The summed E-state index contributed by atoms with van der Waals surface area (Å²) in [5.74, 6) is -0.182. The van der Waals surface area contributed by atoms with Crippen LogP contribution in [-0.4, -0.2) is 38.5 Å². The molecular formula is C30H27ClN4O4S. The molecule has 1 saturated heterocycles. The molecule has 0 spiro atoms. The maximum absolute atomic E-state index is 13.0. The normalized spacial score (nSPS) is 16.6. The largest absolute Gasteiger partial charge is 0.478 e. The van der Waals surface area contributed by atoms with Crippen LogP contribution in [0.2, 0.25) is 5.02 Å². The number of hydrogen-bond donors (Lipinski definition) is 3. The summed E-state index contributed by atoms with van der Waals surface area (Å²) in [6.07, 6.45) is 2.72. The monoisotopic (exact) mass is 574 g/mol. The molecule has 3 heterocycles. The van der Waals surface area contributed by atoms with Crippen molar-refractivity contribution in [3.05, 3.63) is 107 Å². The molecule has 2 unspecified atom stereocenters. The van der Waals surface area contributed by atoms with Crippen molar-refractivity contribution in [2.45, 2.75) is 31.8 Å². The van der Waals surface area contributed by atoms with Crippen molar-refractivity contribution < 1.29 is 19.1 Å². The van der Waals surface area contributed by atoms with Gasteiger partial charge in [0.15, 0.2) is 5.11 Å². The summed E-state index contributed by atoms with van der Waals surface area (Å²) in [4.78, 5) is 30.9. The zero-order valence-electron chi connectivity index (χ0n) is 21.6. The van der Waals surface area contributed by atoms with Gasteiger partial charge in [0.05, 0.1) is 22.3 Å². The highest BCUT2D eigenvalue weighted by Crippen LogP contribution is 2.41. The third kappa shape index (κ3) is 5.71. The van der Waals surface area contributed by atoms with E-state index < -0.39 is 12.0 Å². The first-order valence-corrected chi connectivity index (χ1v) is 13.6. The maximum Gasteiger partial charge on any atom is 0.335 e. The number of pyridine rings is 1. The molecule has 3 N–H and O–H groups in total. The molecule has 2 aromatic heterocycles. The number of aromatic carboxylic acids is 1. The van der Waals surface area contributed by atoms with Crippen LogP contribution in [0.25, 0.3) is 11.3 Å². The molecule has 2 atom stereocenters. The molecule has 0 radical (unpaired) electrons. The number of carboxylic acid groups (broad SMARTS) is 1. The lowest BCUT2D eigenvalue weighted by Gasteiger charge is -2.26. The number of amides is 1. The second-order valence-corrected chi connectivity index (χ2v) is 10.1. The minimum atomic E-state index is -1.06. The Hall–Kier alpha value is -4.21. The van der Waals surface area contributed by atoms with Gasteiger partial charge in [-0.2, -0.15) is 0 Å². The Morgan fingerprint density at radius 3 is 2.67 bits per heavy atom. The molecule has 1 aliphatic rings. The number of carboxylic acids is 1. The molecule has 204 valence electrons. The number of benzene rings is 2. The van der Waals surface area contributed by atoms with Crippen molar-refractivity contribution in [3.8, 4) is 11.3 Å². The van der Waals surface area contributed by atoms with Gasteiger partial charge in [-0.3, -0.25) is 9.78 Å². The highest BCUT2D eigenvalue weighted by Gasteiger charge is 2.41. The number of halogens is 1. The number of carbonyl (C=O) groups excluding carboxylic acids is 1. The van der Waals surface area contributed by atoms with Crippen molar-refractivity contribution in [1.82, 2.24) is 15.2 Å². The molecule has 8 nitrogen and oxygen atoms in total. The van der Waals surface area contributed by atoms with Crippen LogP contribution in [0.4, 0.5) is 5.69 Å². The second kappa shape index (κ2) is 11.9. The summed E-state index contributed by atoms with van der Waals surface area (Å²) in [5, 5.41) is 16.6. The van der Waals surface area contributed by atoms with Gasteiger partial charge >= 0.3 is 5.97 Å². The van der Waals surface area contributed by atoms with Gasteiger partial charge in [0.1, 0.15) is 17.6 Å². The lowest BCUT2D eigenvalue weighted by molar-refractivity contribution is -0.116. The summed E-state index contributed by atoms with van der Waals surface area (Å²) in [6.45, 7) is 2.38. The Morgan fingerprint density at radius 1 is 1.12 bits per heavy atom. The lowest BCUT2D eigenvalue weighted by atomic mass is 10.0. The summed E-state index contributed by atoms with van der Waals surface area (Å²) in [7, 11) is 0. The van der Waals surface area contributed by atoms with Crippen LogP contribution < -0.4 is 10.6 Å². The molecule has 10 heteroatoms. The van der Waals surface area contributed by atoms with Crippen LogP contribution in [0.1, 0.15) is 52.8 Å². The number of thiocarbonyl (C=S) groups is 1. The number of nitrogens with one attached hydrogen (secondary N) is 2. The predicted molar refractivity (Wildman–Crippen MR) is 157 cm³/mol. The molecule has 40 heavy (non-hydrogen) atoms. The number of aromatic nitrogens is 1. The molecule has 4 aromatic rings. The molecule has 0 aliphatic carbocycles. The summed E-state index contributed by atoms with van der Waals surface area (Å²) >= 11 is 12.1. The van der Waals surface area contributed by atoms with E-state index in [0.29, 0.717) is 33.8 Å². The fourth-order valence-corrected chi connectivity index (χ4v) is 5.39. The Balaban J connectivity index is 1.43. The standard InChI is InChI=1S/C30H27ClN4O4S/c1-2-18-7-3-4-8-22(18)33-26(36)14-16-35-28(27(34-30(35)40)23-9-5-6-15-32-23)25-13-12-24(39-25)20-17-19(29(37)38)10-11-21(20)31/h3-13,15,17,27-28H,2,14,16H2,1H3,(H,33,36)(H,34,40)(H,37,38). The number of carbonyl (C=O) groups is 2. The van der Waals surface area contributed by atoms with Crippen molar-refractivity contribution in [3.63, 3.8) is 0 Å². The first kappa shape index (κ1) is 27.4. The molecule has 1 aliphatic heterocycles. The fourth-order valence-electron chi connectivity index (χ4n) is 4.84. The SMILES string of the molecule is CCc1ccccc1NC(=O)CCN1C(=S)NC(c2ccccn2)C1c1ccc(-c2cc(C(=O)O)ccc2Cl)o1. The Morgan fingerprint density at radius 2 is 1.93 bits per heavy atom. The van der Waals surface area contributed by atoms with Gasteiger partial charge in [-0.1, -0.05) is 42.8 Å². The van der Waals surface area contributed by atoms with E-state index in [-0.39, 0.29) is 23.9 Å². The van der Waals surface area contributed by atoms with Gasteiger partial charge in [-0.05, 0) is 72.7 Å². The van der Waals surface area contributed by atoms with Gasteiger partial charge in [0.2, 0.25) is 5.91 Å². The van der Waals surface area contributed by atoms with Crippen molar-refractivity contribution in [2.75, 3.05) is 11.9 Å². The van der Waals surface area contributed by atoms with Gasteiger partial charge in [0.25, 0.3) is 0 Å². The van der Waals surface area contributed by atoms with Gasteiger partial charge < -0.3 is 25.1 Å². The highest BCUT2D eigenvalue weighted by atomic mass is 35.5. The third-order valence-electron chi connectivity index (χ3n) is 6.85. The second-order valence-electron chi connectivity index (χ2n) is 9.33. The van der Waals surface area contributed by atoms with E-state index in [4.69, 9.17) is 28.2 Å². The Labute approximate surface area is 242 Å². The van der Waals surface area contributed by atoms with E-state index >= 15 is 0 Å². The third-order valence-corrected chi connectivity index (χ3v) is 7.53. The van der Waals surface area contributed by atoms with Gasteiger partial charge in [-0.25, -0.2) is 4.79 Å². The summed E-state index contributed by atoms with van der Waals surface area (Å²) < 4.78 is 6.29. The van der Waals surface area contributed by atoms with Crippen molar-refractivity contribution >= 4 is 46.5 Å². The Kier molecular flexibility index (Phi) is 8.14. The van der Waals surface area contributed by atoms with Crippen LogP contribution in [0.15, 0.2) is 83.4 Å². The van der Waals surface area contributed by atoms with Crippen molar-refractivity contribution in [2.24, 2.45) is 0 Å². The average Bonchev–Trinajstić information content (AvgIpc) is 3.57. The number of aryl methyl sites for hydroxylation is 1. The number of furan rings is 1. The summed E-state index contributed by atoms with van der Waals surface area (Å²) in [6, 6.07) is 20.7. The molecule has 1 amide bonds. The van der Waals surface area contributed by atoms with Crippen LogP contribution >= 0.6 is 23.8 Å². The van der Waals surface area contributed by atoms with E-state index in [2.05, 4.69) is 15.6 Å². The predicted octanol–water partition coefficient (Wildman–Crippen LogP) is 6.26. The quantitative estimate of drug-likeness (QED) is 0.201. The van der Waals surface area contributed by atoms with E-state index in [1.54, 1.807) is 12.3 Å². The van der Waals surface area contributed by atoms with E-state index in [9.17, 15) is 14.7 Å². The molecule has 1 fully saturated rings. The maximum atomic E-state index is 13.0. The molecule has 2 aromatic carbocycles. The Bertz CT molecular complexity index is 1560.